The molecule has 0 radical (unpaired) electrons. The van der Waals surface area contributed by atoms with Crippen LogP contribution in [0, 0.1) is 0 Å². The van der Waals surface area contributed by atoms with E-state index in [1.54, 1.807) is 14.2 Å². The van der Waals surface area contributed by atoms with Crippen molar-refractivity contribution in [3.05, 3.63) is 29.8 Å². The number of amides is 1. The van der Waals surface area contributed by atoms with E-state index in [-0.39, 0.29) is 5.91 Å². The number of carbonyl (C=O) groups excluding carboxylic acids is 1. The molecular formula is C17H28N4O2. The van der Waals surface area contributed by atoms with Crippen molar-refractivity contribution in [3.63, 3.8) is 0 Å². The van der Waals surface area contributed by atoms with Gasteiger partial charge in [0.15, 0.2) is 5.96 Å². The summed E-state index contributed by atoms with van der Waals surface area (Å²) in [7, 11) is 3.38. The molecular weight excluding hydrogens is 292 g/mol. The number of methoxy groups -OCH3 is 1. The Morgan fingerprint density at radius 3 is 2.39 bits per heavy atom. The number of guanidine groups is 1. The molecule has 0 atom stereocenters. The minimum atomic E-state index is 0.0630. The molecule has 0 saturated heterocycles. The predicted octanol–water partition coefficient (Wildman–Crippen LogP) is 1.32. The molecule has 6 heteroatoms. The van der Waals surface area contributed by atoms with Crippen LogP contribution in [0.15, 0.2) is 29.3 Å². The number of benzene rings is 1. The van der Waals surface area contributed by atoms with Crippen LogP contribution in [0.1, 0.15) is 25.3 Å². The van der Waals surface area contributed by atoms with Crippen LogP contribution in [0.3, 0.4) is 0 Å². The van der Waals surface area contributed by atoms with E-state index in [0.29, 0.717) is 18.9 Å². The van der Waals surface area contributed by atoms with Crippen LogP contribution in [0.4, 0.5) is 0 Å². The summed E-state index contributed by atoms with van der Waals surface area (Å²) < 4.78 is 5.14. The fourth-order valence-corrected chi connectivity index (χ4v) is 1.99. The smallest absolute Gasteiger partial charge is 0.221 e. The summed E-state index contributed by atoms with van der Waals surface area (Å²) in [6, 6.07) is 8.01. The largest absolute Gasteiger partial charge is 0.497 e. The van der Waals surface area contributed by atoms with Crippen LogP contribution in [-0.2, 0) is 11.2 Å². The van der Waals surface area contributed by atoms with Gasteiger partial charge in [0.2, 0.25) is 5.91 Å². The van der Waals surface area contributed by atoms with Crippen molar-refractivity contribution in [1.82, 2.24) is 16.0 Å². The topological polar surface area (TPSA) is 74.8 Å². The quantitative estimate of drug-likeness (QED) is 0.474. The van der Waals surface area contributed by atoms with Gasteiger partial charge in [0.1, 0.15) is 5.75 Å². The van der Waals surface area contributed by atoms with Crippen LogP contribution in [0.5, 0.6) is 5.75 Å². The number of ether oxygens (including phenoxy) is 1. The third-order valence-electron chi connectivity index (χ3n) is 3.31. The molecule has 1 amide bonds. The fraction of sp³-hybridized carbons (Fsp3) is 0.529. The lowest BCUT2D eigenvalue weighted by atomic mass is 10.1. The first-order valence-corrected chi connectivity index (χ1v) is 8.03. The molecule has 0 unspecified atom stereocenters. The van der Waals surface area contributed by atoms with Crippen molar-refractivity contribution in [2.24, 2.45) is 4.99 Å². The molecule has 0 fully saturated rings. The lowest BCUT2D eigenvalue weighted by Gasteiger charge is -2.12. The third-order valence-corrected chi connectivity index (χ3v) is 3.31. The van der Waals surface area contributed by atoms with Crippen molar-refractivity contribution >= 4 is 11.9 Å². The molecule has 1 aromatic rings. The van der Waals surface area contributed by atoms with Crippen LogP contribution in [-0.4, -0.2) is 45.7 Å². The van der Waals surface area contributed by atoms with E-state index < -0.39 is 0 Å². The Hall–Kier alpha value is -2.24. The molecule has 128 valence electrons. The van der Waals surface area contributed by atoms with Crippen LogP contribution < -0.4 is 20.7 Å². The highest BCUT2D eigenvalue weighted by Crippen LogP contribution is 2.11. The van der Waals surface area contributed by atoms with Gasteiger partial charge in [-0.3, -0.25) is 9.79 Å². The van der Waals surface area contributed by atoms with Gasteiger partial charge in [0, 0.05) is 33.1 Å². The van der Waals surface area contributed by atoms with E-state index in [1.807, 2.05) is 19.1 Å². The summed E-state index contributed by atoms with van der Waals surface area (Å²) in [5, 5.41) is 9.23. The minimum absolute atomic E-state index is 0.0630. The van der Waals surface area contributed by atoms with Gasteiger partial charge < -0.3 is 20.7 Å². The number of carbonyl (C=O) groups is 1. The Labute approximate surface area is 138 Å². The number of nitrogens with zero attached hydrogens (tertiary/aromatic N) is 1. The van der Waals surface area contributed by atoms with E-state index in [1.165, 1.54) is 5.56 Å². The zero-order chi connectivity index (χ0) is 16.9. The molecule has 0 aromatic heterocycles. The van der Waals surface area contributed by atoms with E-state index in [4.69, 9.17) is 4.74 Å². The summed E-state index contributed by atoms with van der Waals surface area (Å²) in [5.41, 5.74) is 1.23. The van der Waals surface area contributed by atoms with Gasteiger partial charge in [-0.1, -0.05) is 19.1 Å². The van der Waals surface area contributed by atoms with E-state index in [0.717, 1.165) is 31.7 Å². The Morgan fingerprint density at radius 1 is 1.09 bits per heavy atom. The maximum atomic E-state index is 11.5. The SMILES string of the molecule is CCCNC(=O)CCNC(=NC)NCCc1ccc(OC)cc1. The van der Waals surface area contributed by atoms with Gasteiger partial charge in [0.25, 0.3) is 0 Å². The molecule has 23 heavy (non-hydrogen) atoms. The first kappa shape index (κ1) is 18.8. The van der Waals surface area contributed by atoms with E-state index >= 15 is 0 Å². The first-order valence-electron chi connectivity index (χ1n) is 8.03. The Bertz CT molecular complexity index is 486. The standard InChI is InChI=1S/C17H28N4O2/c1-4-11-19-16(22)10-13-21-17(18-2)20-12-9-14-5-7-15(23-3)8-6-14/h5-8H,4,9-13H2,1-3H3,(H,19,22)(H2,18,20,21). The Kier molecular flexibility index (Phi) is 9.28. The molecule has 0 saturated carbocycles. The molecule has 0 aliphatic heterocycles. The highest BCUT2D eigenvalue weighted by molar-refractivity contribution is 5.81. The first-order chi connectivity index (χ1) is 11.2. The molecule has 0 heterocycles. The third kappa shape index (κ3) is 8.09. The molecule has 3 N–H and O–H groups in total. The van der Waals surface area contributed by atoms with Crippen molar-refractivity contribution in [2.75, 3.05) is 33.8 Å². The van der Waals surface area contributed by atoms with Crippen LogP contribution >= 0.6 is 0 Å². The number of hydrogen-bond donors (Lipinski definition) is 3. The summed E-state index contributed by atoms with van der Waals surface area (Å²) in [4.78, 5) is 15.6. The van der Waals surface area contributed by atoms with Crippen LogP contribution in [0.25, 0.3) is 0 Å². The molecule has 0 aliphatic carbocycles. The summed E-state index contributed by atoms with van der Waals surface area (Å²) in [6.45, 7) is 4.10. The van der Waals surface area contributed by atoms with Crippen molar-refractivity contribution in [2.45, 2.75) is 26.2 Å². The zero-order valence-electron chi connectivity index (χ0n) is 14.3. The van der Waals surface area contributed by atoms with Gasteiger partial charge in [-0.25, -0.2) is 0 Å². The number of nitrogens with one attached hydrogen (secondary N) is 3. The summed E-state index contributed by atoms with van der Waals surface area (Å²) in [6.07, 6.45) is 2.29. The second-order valence-corrected chi connectivity index (χ2v) is 5.12. The zero-order valence-corrected chi connectivity index (χ0v) is 14.3. The maximum Gasteiger partial charge on any atom is 0.221 e. The van der Waals surface area contributed by atoms with Gasteiger partial charge in [-0.05, 0) is 30.5 Å². The summed E-state index contributed by atoms with van der Waals surface area (Å²) >= 11 is 0. The fourth-order valence-electron chi connectivity index (χ4n) is 1.99. The second kappa shape index (κ2) is 11.3. The molecule has 1 aromatic carbocycles. The lowest BCUT2D eigenvalue weighted by molar-refractivity contribution is -0.120. The number of rotatable bonds is 9. The van der Waals surface area contributed by atoms with E-state index in [2.05, 4.69) is 33.1 Å². The average Bonchev–Trinajstić information content (AvgIpc) is 2.59. The van der Waals surface area contributed by atoms with E-state index in [9.17, 15) is 4.79 Å². The minimum Gasteiger partial charge on any atom is -0.497 e. The van der Waals surface area contributed by atoms with Crippen molar-refractivity contribution in [1.29, 1.82) is 0 Å². The molecule has 0 aliphatic rings. The average molecular weight is 320 g/mol. The Balaban J connectivity index is 2.22. The van der Waals surface area contributed by atoms with Gasteiger partial charge >= 0.3 is 0 Å². The van der Waals surface area contributed by atoms with Gasteiger partial charge in [-0.15, -0.1) is 0 Å². The number of aliphatic imine (C=N–C) groups is 1. The van der Waals surface area contributed by atoms with Crippen molar-refractivity contribution in [3.8, 4) is 5.75 Å². The van der Waals surface area contributed by atoms with Crippen molar-refractivity contribution < 1.29 is 9.53 Å². The molecule has 0 bridgehead atoms. The van der Waals surface area contributed by atoms with Gasteiger partial charge in [0.05, 0.1) is 7.11 Å². The van der Waals surface area contributed by atoms with Gasteiger partial charge in [-0.2, -0.15) is 0 Å². The normalized spacial score (nSPS) is 11.0. The predicted molar refractivity (Wildman–Crippen MR) is 94.0 cm³/mol. The molecule has 6 nitrogen and oxygen atoms in total. The Morgan fingerprint density at radius 2 is 1.78 bits per heavy atom. The lowest BCUT2D eigenvalue weighted by Crippen LogP contribution is -2.40. The molecule has 0 spiro atoms. The number of hydrogen-bond acceptors (Lipinski definition) is 3. The van der Waals surface area contributed by atoms with Crippen LogP contribution in [0.2, 0.25) is 0 Å². The molecule has 1 rings (SSSR count). The maximum absolute atomic E-state index is 11.5. The monoisotopic (exact) mass is 320 g/mol. The second-order valence-electron chi connectivity index (χ2n) is 5.12. The highest BCUT2D eigenvalue weighted by Gasteiger charge is 2.02. The summed E-state index contributed by atoms with van der Waals surface area (Å²) in [5.74, 6) is 1.63. The highest BCUT2D eigenvalue weighted by atomic mass is 16.5.